The molecule has 3 aromatic rings. The first-order valence-corrected chi connectivity index (χ1v) is 9.62. The van der Waals surface area contributed by atoms with Crippen LogP contribution in [0.3, 0.4) is 0 Å². The lowest BCUT2D eigenvalue weighted by Crippen LogP contribution is -2.23. The molecule has 29 heavy (non-hydrogen) atoms. The number of carbonyl (C=O) groups is 2. The minimum absolute atomic E-state index is 0.0363. The van der Waals surface area contributed by atoms with E-state index in [0.29, 0.717) is 16.5 Å². The van der Waals surface area contributed by atoms with Crippen LogP contribution in [0, 0.1) is 11.8 Å². The summed E-state index contributed by atoms with van der Waals surface area (Å²) in [5.41, 5.74) is 1.60. The summed E-state index contributed by atoms with van der Waals surface area (Å²) in [6.07, 6.45) is 1.40. The smallest absolute Gasteiger partial charge is 0.384 e. The number of rotatable bonds is 5. The van der Waals surface area contributed by atoms with Gasteiger partial charge in [-0.25, -0.2) is 9.00 Å². The first-order valence-electron chi connectivity index (χ1n) is 8.52. The molecule has 0 radical (unpaired) electrons. The van der Waals surface area contributed by atoms with Crippen molar-refractivity contribution in [3.05, 3.63) is 71.9 Å². The van der Waals surface area contributed by atoms with Crippen LogP contribution in [-0.2, 0) is 27.2 Å². The highest BCUT2D eigenvalue weighted by molar-refractivity contribution is 7.79. The van der Waals surface area contributed by atoms with E-state index in [1.807, 2.05) is 30.3 Å². The lowest BCUT2D eigenvalue weighted by Gasteiger charge is -2.05. The van der Waals surface area contributed by atoms with E-state index in [4.69, 9.17) is 4.74 Å². The van der Waals surface area contributed by atoms with Crippen LogP contribution >= 0.6 is 0 Å². The number of nitrogens with one attached hydrogen (secondary N) is 1. The lowest BCUT2D eigenvalue weighted by molar-refractivity contribution is -0.137. The van der Waals surface area contributed by atoms with Crippen molar-refractivity contribution in [2.75, 3.05) is 6.54 Å². The molecule has 1 heterocycles. The topological polar surface area (TPSA) is 106 Å². The number of pyridine rings is 1. The molecule has 8 heteroatoms. The molecule has 7 nitrogen and oxygen atoms in total. The molecule has 1 aromatic heterocycles. The van der Waals surface area contributed by atoms with Crippen LogP contribution in [0.4, 0.5) is 0 Å². The molecule has 1 atom stereocenters. The van der Waals surface area contributed by atoms with Gasteiger partial charge in [-0.05, 0) is 23.8 Å². The zero-order valence-electron chi connectivity index (χ0n) is 15.1. The average molecular weight is 408 g/mol. The zero-order chi connectivity index (χ0) is 20.6. The van der Waals surface area contributed by atoms with Crippen molar-refractivity contribution in [1.29, 1.82) is 0 Å². The number of nitrogens with zero attached hydrogens (tertiary/aromatic N) is 1. The van der Waals surface area contributed by atoms with Gasteiger partial charge in [0.15, 0.2) is 11.1 Å². The normalized spacial score (nSPS) is 11.2. The Morgan fingerprint density at radius 2 is 1.93 bits per heavy atom. The molecule has 3 rings (SSSR count). The SMILES string of the molecule is O=C(C#CCNC(=O)c1ccc2c(S(=O)O)ccnc2c1)OCc1ccccc1. The van der Waals surface area contributed by atoms with Crippen molar-refractivity contribution in [2.45, 2.75) is 11.5 Å². The van der Waals surface area contributed by atoms with Crippen LogP contribution < -0.4 is 5.32 Å². The molecule has 0 fully saturated rings. The van der Waals surface area contributed by atoms with Crippen molar-refractivity contribution in [3.8, 4) is 11.8 Å². The summed E-state index contributed by atoms with van der Waals surface area (Å²) >= 11 is -2.15. The monoisotopic (exact) mass is 408 g/mol. The van der Waals surface area contributed by atoms with Crippen molar-refractivity contribution in [2.24, 2.45) is 0 Å². The van der Waals surface area contributed by atoms with E-state index in [1.165, 1.54) is 24.4 Å². The van der Waals surface area contributed by atoms with E-state index in [1.54, 1.807) is 6.07 Å². The highest BCUT2D eigenvalue weighted by Crippen LogP contribution is 2.20. The van der Waals surface area contributed by atoms with Crippen molar-refractivity contribution < 1.29 is 23.1 Å². The van der Waals surface area contributed by atoms with Crippen LogP contribution in [0.5, 0.6) is 0 Å². The largest absolute Gasteiger partial charge is 0.451 e. The predicted molar refractivity (Wildman–Crippen MR) is 107 cm³/mol. The Hall–Kier alpha value is -3.54. The van der Waals surface area contributed by atoms with Crippen LogP contribution in [0.15, 0.2) is 65.7 Å². The third kappa shape index (κ3) is 5.48. The molecular formula is C21H16N2O5S. The second kappa shape index (κ2) is 9.59. The summed E-state index contributed by atoms with van der Waals surface area (Å²) in [7, 11) is 0. The maximum absolute atomic E-state index is 12.2. The number of fused-ring (bicyclic) bond motifs is 1. The van der Waals surface area contributed by atoms with Crippen molar-refractivity contribution in [1.82, 2.24) is 10.3 Å². The Balaban J connectivity index is 1.55. The van der Waals surface area contributed by atoms with E-state index in [2.05, 4.69) is 22.1 Å². The molecule has 0 saturated heterocycles. The maximum Gasteiger partial charge on any atom is 0.384 e. The fourth-order valence-electron chi connectivity index (χ4n) is 2.52. The maximum atomic E-state index is 12.2. The highest BCUT2D eigenvalue weighted by atomic mass is 32.2. The fraction of sp³-hybridized carbons (Fsp3) is 0.0952. The van der Waals surface area contributed by atoms with Gasteiger partial charge in [-0.15, -0.1) is 0 Å². The summed E-state index contributed by atoms with van der Waals surface area (Å²) < 4.78 is 25.7. The van der Waals surface area contributed by atoms with Gasteiger partial charge >= 0.3 is 5.97 Å². The lowest BCUT2D eigenvalue weighted by atomic mass is 10.1. The molecule has 146 valence electrons. The van der Waals surface area contributed by atoms with Gasteiger partial charge in [-0.2, -0.15) is 0 Å². The summed E-state index contributed by atoms with van der Waals surface area (Å²) in [4.78, 5) is 28.2. The van der Waals surface area contributed by atoms with Gasteiger partial charge in [0, 0.05) is 23.1 Å². The third-order valence-electron chi connectivity index (χ3n) is 3.89. The van der Waals surface area contributed by atoms with Gasteiger partial charge in [-0.3, -0.25) is 9.78 Å². The van der Waals surface area contributed by atoms with Crippen molar-refractivity contribution in [3.63, 3.8) is 0 Å². The van der Waals surface area contributed by atoms with E-state index in [0.717, 1.165) is 5.56 Å². The van der Waals surface area contributed by atoms with Gasteiger partial charge in [0.2, 0.25) is 0 Å². The minimum Gasteiger partial charge on any atom is -0.451 e. The Morgan fingerprint density at radius 1 is 1.14 bits per heavy atom. The quantitative estimate of drug-likeness (QED) is 0.290. The van der Waals surface area contributed by atoms with Gasteiger partial charge in [-0.1, -0.05) is 42.3 Å². The first-order chi connectivity index (χ1) is 14.0. The minimum atomic E-state index is -2.15. The van der Waals surface area contributed by atoms with Crippen LogP contribution in [-0.4, -0.2) is 32.2 Å². The molecular weight excluding hydrogens is 392 g/mol. The van der Waals surface area contributed by atoms with E-state index >= 15 is 0 Å². The van der Waals surface area contributed by atoms with Crippen LogP contribution in [0.25, 0.3) is 10.9 Å². The Morgan fingerprint density at radius 3 is 2.69 bits per heavy atom. The van der Waals surface area contributed by atoms with E-state index in [-0.39, 0.29) is 18.0 Å². The summed E-state index contributed by atoms with van der Waals surface area (Å²) in [5.74, 6) is 3.76. The van der Waals surface area contributed by atoms with Gasteiger partial charge < -0.3 is 14.6 Å². The molecule has 0 aliphatic heterocycles. The molecule has 1 amide bonds. The molecule has 2 aromatic carbocycles. The molecule has 0 aliphatic rings. The number of ether oxygens (including phenoxy) is 1. The second-order valence-electron chi connectivity index (χ2n) is 5.84. The summed E-state index contributed by atoms with van der Waals surface area (Å²) in [6, 6.07) is 15.3. The number of aromatic nitrogens is 1. The van der Waals surface area contributed by atoms with Crippen LogP contribution in [0.2, 0.25) is 0 Å². The van der Waals surface area contributed by atoms with E-state index < -0.39 is 23.0 Å². The number of benzene rings is 2. The number of carbonyl (C=O) groups excluding carboxylic acids is 2. The molecule has 1 unspecified atom stereocenters. The van der Waals surface area contributed by atoms with Crippen LogP contribution in [0.1, 0.15) is 15.9 Å². The second-order valence-corrected chi connectivity index (χ2v) is 6.77. The van der Waals surface area contributed by atoms with Gasteiger partial charge in [0.05, 0.1) is 17.0 Å². The van der Waals surface area contributed by atoms with E-state index in [9.17, 15) is 18.4 Å². The third-order valence-corrected chi connectivity index (χ3v) is 4.63. The number of esters is 1. The predicted octanol–water partition coefficient (Wildman–Crippen LogP) is 2.29. The molecule has 0 bridgehead atoms. The Bertz CT molecular complexity index is 1140. The molecule has 0 aliphatic carbocycles. The molecule has 0 saturated carbocycles. The molecule has 2 N–H and O–H groups in total. The van der Waals surface area contributed by atoms with Gasteiger partial charge in [0.25, 0.3) is 5.91 Å². The Labute approximate surface area is 169 Å². The Kier molecular flexibility index (Phi) is 6.68. The average Bonchev–Trinajstić information content (AvgIpc) is 2.75. The fourth-order valence-corrected chi connectivity index (χ4v) is 3.06. The number of hydrogen-bond acceptors (Lipinski definition) is 5. The standard InChI is InChI=1S/C21H16N2O5S/c24-20(28-14-15-5-2-1-3-6-15)7-4-11-23-21(25)16-8-9-17-18(13-16)22-12-10-19(17)29(26)27/h1-3,5-6,8-10,12-13H,11,14H2,(H,23,25)(H,26,27). The summed E-state index contributed by atoms with van der Waals surface area (Å²) in [6.45, 7) is 0.0941. The molecule has 0 spiro atoms. The number of amides is 1. The summed E-state index contributed by atoms with van der Waals surface area (Å²) in [5, 5.41) is 3.06. The zero-order valence-corrected chi connectivity index (χ0v) is 15.9. The van der Waals surface area contributed by atoms with Gasteiger partial charge in [0.1, 0.15) is 6.61 Å². The number of hydrogen-bond donors (Lipinski definition) is 2. The highest BCUT2D eigenvalue weighted by Gasteiger charge is 2.10. The van der Waals surface area contributed by atoms with Crippen molar-refractivity contribution >= 4 is 33.9 Å². The first kappa shape index (κ1) is 20.2.